The highest BCUT2D eigenvalue weighted by molar-refractivity contribution is 5.78. The van der Waals surface area contributed by atoms with Crippen molar-refractivity contribution in [3.05, 3.63) is 78.4 Å². The van der Waals surface area contributed by atoms with Gasteiger partial charge in [-0.25, -0.2) is 4.98 Å². The zero-order chi connectivity index (χ0) is 19.1. The summed E-state index contributed by atoms with van der Waals surface area (Å²) in [7, 11) is 0. The van der Waals surface area contributed by atoms with Gasteiger partial charge in [-0.15, -0.1) is 0 Å². The summed E-state index contributed by atoms with van der Waals surface area (Å²) in [5, 5.41) is 12.8. The minimum atomic E-state index is -0.241. The van der Waals surface area contributed by atoms with Crippen LogP contribution in [0.2, 0.25) is 0 Å². The molecule has 2 N–H and O–H groups in total. The number of amides is 1. The van der Waals surface area contributed by atoms with Gasteiger partial charge in [-0.1, -0.05) is 42.5 Å². The molecular formula is C21H23N3O3. The van der Waals surface area contributed by atoms with Crippen molar-refractivity contribution in [3.63, 3.8) is 0 Å². The topological polar surface area (TPSA) is 76.4 Å². The Bertz CT molecular complexity index is 877. The fourth-order valence-corrected chi connectivity index (χ4v) is 2.87. The summed E-state index contributed by atoms with van der Waals surface area (Å²) < 4.78 is 7.48. The van der Waals surface area contributed by atoms with Gasteiger partial charge in [0.1, 0.15) is 5.82 Å². The van der Waals surface area contributed by atoms with Crippen LogP contribution in [0.25, 0.3) is 0 Å². The number of carbonyl (C=O) groups excluding carboxylic acids is 1. The highest BCUT2D eigenvalue weighted by Gasteiger charge is 2.16. The van der Waals surface area contributed by atoms with Crippen molar-refractivity contribution >= 4 is 5.91 Å². The van der Waals surface area contributed by atoms with Crippen molar-refractivity contribution < 1.29 is 14.6 Å². The van der Waals surface area contributed by atoms with Crippen LogP contribution in [0, 0.1) is 6.92 Å². The zero-order valence-electron chi connectivity index (χ0n) is 15.2. The number of para-hydroxylation sites is 2. The van der Waals surface area contributed by atoms with E-state index in [0.29, 0.717) is 0 Å². The third kappa shape index (κ3) is 5.10. The number of nitrogens with one attached hydrogen (secondary N) is 1. The van der Waals surface area contributed by atoms with Crippen molar-refractivity contribution in [2.24, 2.45) is 0 Å². The molecule has 3 rings (SSSR count). The number of aryl methyl sites for hydroxylation is 2. The van der Waals surface area contributed by atoms with Crippen LogP contribution in [0.15, 0.2) is 67.0 Å². The molecule has 1 heterocycles. The Hall–Kier alpha value is -3.28. The van der Waals surface area contributed by atoms with E-state index in [9.17, 15) is 9.90 Å². The van der Waals surface area contributed by atoms with E-state index in [0.717, 1.165) is 24.4 Å². The van der Waals surface area contributed by atoms with Crippen LogP contribution < -0.4 is 10.1 Å². The van der Waals surface area contributed by atoms with E-state index in [1.54, 1.807) is 24.4 Å². The lowest BCUT2D eigenvalue weighted by atomic mass is 10.0. The Labute approximate surface area is 158 Å². The van der Waals surface area contributed by atoms with Gasteiger partial charge in [0.25, 0.3) is 5.91 Å². The Balaban J connectivity index is 1.63. The second-order valence-corrected chi connectivity index (χ2v) is 6.24. The molecule has 6 heteroatoms. The molecule has 0 saturated heterocycles. The lowest BCUT2D eigenvalue weighted by Crippen LogP contribution is -2.33. The number of ether oxygens (including phenoxy) is 1. The number of hydrogen-bond donors (Lipinski definition) is 2. The van der Waals surface area contributed by atoms with Crippen LogP contribution in [-0.4, -0.2) is 27.2 Å². The molecule has 0 bridgehead atoms. The number of aromatic nitrogens is 2. The fraction of sp³-hybridized carbons (Fsp3) is 0.238. The molecule has 1 amide bonds. The van der Waals surface area contributed by atoms with E-state index in [-0.39, 0.29) is 30.1 Å². The molecule has 0 saturated carbocycles. The van der Waals surface area contributed by atoms with Crippen LogP contribution in [0.3, 0.4) is 0 Å². The first-order valence-electron chi connectivity index (χ1n) is 8.86. The van der Waals surface area contributed by atoms with Crippen LogP contribution in [0.4, 0.5) is 0 Å². The van der Waals surface area contributed by atoms with Crippen LogP contribution in [-0.2, 0) is 11.3 Å². The van der Waals surface area contributed by atoms with E-state index in [4.69, 9.17) is 4.74 Å². The van der Waals surface area contributed by atoms with E-state index in [1.165, 1.54) is 6.07 Å². The van der Waals surface area contributed by atoms with E-state index in [2.05, 4.69) is 14.9 Å². The molecule has 1 atom stereocenters. The van der Waals surface area contributed by atoms with Gasteiger partial charge in [-0.05, 0) is 31.0 Å². The van der Waals surface area contributed by atoms with E-state index < -0.39 is 0 Å². The summed E-state index contributed by atoms with van der Waals surface area (Å²) in [6.07, 6.45) is 4.43. The summed E-state index contributed by atoms with van der Waals surface area (Å²) >= 11 is 0. The largest absolute Gasteiger partial charge is 0.504 e. The number of phenolic OH excluding ortho intramolecular Hbond substituents is 1. The molecule has 0 aliphatic rings. The van der Waals surface area contributed by atoms with Crippen molar-refractivity contribution in [3.8, 4) is 11.5 Å². The van der Waals surface area contributed by atoms with Gasteiger partial charge < -0.3 is 19.7 Å². The van der Waals surface area contributed by atoms with Crippen molar-refractivity contribution in [1.29, 1.82) is 0 Å². The standard InChI is InChI=1S/C21H23N3O3/c1-16-22-12-14-24(16)13-11-18(17-7-3-2-4-8-17)23-21(26)15-27-20-10-6-5-9-19(20)25/h2-10,12,14,18,25H,11,13,15H2,1H3,(H,23,26)/t18-/m1/s1. The Morgan fingerprint density at radius 3 is 2.63 bits per heavy atom. The number of imidazole rings is 1. The van der Waals surface area contributed by atoms with Gasteiger partial charge in [0.2, 0.25) is 0 Å². The number of rotatable bonds is 8. The monoisotopic (exact) mass is 365 g/mol. The molecule has 1 aromatic heterocycles. The quantitative estimate of drug-likeness (QED) is 0.643. The second kappa shape index (κ2) is 8.89. The third-order valence-corrected chi connectivity index (χ3v) is 4.34. The molecule has 0 spiro atoms. The van der Waals surface area contributed by atoms with Gasteiger partial charge in [-0.3, -0.25) is 4.79 Å². The average molecular weight is 365 g/mol. The predicted molar refractivity (Wildman–Crippen MR) is 103 cm³/mol. The highest BCUT2D eigenvalue weighted by atomic mass is 16.5. The van der Waals surface area contributed by atoms with Crippen LogP contribution >= 0.6 is 0 Å². The van der Waals surface area contributed by atoms with Crippen molar-refractivity contribution in [2.45, 2.75) is 25.9 Å². The summed E-state index contributed by atoms with van der Waals surface area (Å²) in [5.41, 5.74) is 1.03. The van der Waals surface area contributed by atoms with Crippen molar-refractivity contribution in [1.82, 2.24) is 14.9 Å². The molecule has 3 aromatic rings. The smallest absolute Gasteiger partial charge is 0.258 e. The molecule has 0 radical (unpaired) electrons. The van der Waals surface area contributed by atoms with Gasteiger partial charge >= 0.3 is 0 Å². The first-order valence-corrected chi connectivity index (χ1v) is 8.86. The molecule has 2 aromatic carbocycles. The van der Waals surface area contributed by atoms with Gasteiger partial charge in [0.15, 0.2) is 18.1 Å². The maximum absolute atomic E-state index is 12.4. The number of benzene rings is 2. The van der Waals surface area contributed by atoms with Gasteiger partial charge in [0, 0.05) is 18.9 Å². The summed E-state index contributed by atoms with van der Waals surface area (Å²) in [6.45, 7) is 2.54. The fourth-order valence-electron chi connectivity index (χ4n) is 2.87. The molecule has 6 nitrogen and oxygen atoms in total. The maximum Gasteiger partial charge on any atom is 0.258 e. The second-order valence-electron chi connectivity index (χ2n) is 6.24. The Morgan fingerprint density at radius 2 is 1.93 bits per heavy atom. The Morgan fingerprint density at radius 1 is 1.19 bits per heavy atom. The molecule has 140 valence electrons. The number of carbonyl (C=O) groups is 1. The minimum absolute atomic E-state index is 0.0143. The summed E-state index contributed by atoms with van der Waals surface area (Å²) in [4.78, 5) is 16.6. The number of phenols is 1. The number of nitrogens with zero attached hydrogens (tertiary/aromatic N) is 2. The van der Waals surface area contributed by atoms with E-state index in [1.807, 2.05) is 43.5 Å². The minimum Gasteiger partial charge on any atom is -0.504 e. The van der Waals surface area contributed by atoms with Gasteiger partial charge in [0.05, 0.1) is 6.04 Å². The van der Waals surface area contributed by atoms with Crippen molar-refractivity contribution in [2.75, 3.05) is 6.61 Å². The zero-order valence-corrected chi connectivity index (χ0v) is 15.2. The first kappa shape index (κ1) is 18.5. The molecule has 0 aliphatic heterocycles. The van der Waals surface area contributed by atoms with E-state index >= 15 is 0 Å². The maximum atomic E-state index is 12.4. The normalized spacial score (nSPS) is 11.7. The number of aromatic hydroxyl groups is 1. The SMILES string of the molecule is Cc1nccn1CC[C@@H](NC(=O)COc1ccccc1O)c1ccccc1. The van der Waals surface area contributed by atoms with Crippen LogP contribution in [0.1, 0.15) is 23.9 Å². The molecule has 0 aliphatic carbocycles. The van der Waals surface area contributed by atoms with Gasteiger partial charge in [-0.2, -0.15) is 0 Å². The summed E-state index contributed by atoms with van der Waals surface area (Å²) in [5.74, 6) is 1.00. The molecule has 27 heavy (non-hydrogen) atoms. The lowest BCUT2D eigenvalue weighted by molar-refractivity contribution is -0.123. The first-order chi connectivity index (χ1) is 13.1. The third-order valence-electron chi connectivity index (χ3n) is 4.34. The molecule has 0 fully saturated rings. The average Bonchev–Trinajstić information content (AvgIpc) is 3.10. The number of hydrogen-bond acceptors (Lipinski definition) is 4. The molecular weight excluding hydrogens is 342 g/mol. The lowest BCUT2D eigenvalue weighted by Gasteiger charge is -2.20. The highest BCUT2D eigenvalue weighted by Crippen LogP contribution is 2.24. The molecule has 0 unspecified atom stereocenters. The summed E-state index contributed by atoms with van der Waals surface area (Å²) in [6, 6.07) is 16.3. The Kier molecular flexibility index (Phi) is 6.10. The predicted octanol–water partition coefficient (Wildman–Crippen LogP) is 3.22. The van der Waals surface area contributed by atoms with Crippen LogP contribution in [0.5, 0.6) is 11.5 Å².